The van der Waals surface area contributed by atoms with Crippen LogP contribution in [0.25, 0.3) is 10.9 Å². The molecular formula is C9H10ClN. The lowest BCUT2D eigenvalue weighted by molar-refractivity contribution is 1.48. The van der Waals surface area contributed by atoms with Crippen LogP contribution in [0.1, 0.15) is 7.43 Å². The van der Waals surface area contributed by atoms with E-state index < -0.39 is 0 Å². The number of aromatic nitrogens is 1. The van der Waals surface area contributed by atoms with Crippen LogP contribution in [-0.4, -0.2) is 4.98 Å². The topological polar surface area (TPSA) is 15.8 Å². The van der Waals surface area contributed by atoms with E-state index in [1.807, 2.05) is 30.5 Å². The third-order valence-electron chi connectivity index (χ3n) is 1.54. The minimum absolute atomic E-state index is 0. The van der Waals surface area contributed by atoms with Gasteiger partial charge in [-0.25, -0.2) is 0 Å². The first-order chi connectivity index (χ1) is 4.88. The maximum Gasteiger partial charge on any atom is 0.0647 e. The van der Waals surface area contributed by atoms with Crippen molar-refractivity contribution in [1.82, 2.24) is 4.98 Å². The summed E-state index contributed by atoms with van der Waals surface area (Å²) in [5.74, 6) is 0. The van der Waals surface area contributed by atoms with Crippen molar-refractivity contribution >= 4 is 22.5 Å². The van der Waals surface area contributed by atoms with Crippen LogP contribution < -0.4 is 0 Å². The summed E-state index contributed by atoms with van der Waals surface area (Å²) in [4.78, 5) is 3.06. The zero-order valence-corrected chi connectivity index (χ0v) is 6.02. The molecule has 2 heteroatoms. The quantitative estimate of drug-likeness (QED) is 0.619. The smallest absolute Gasteiger partial charge is 0.0647 e. The number of hydrogen-bond donors (Lipinski definition) is 1. The van der Waals surface area contributed by atoms with Gasteiger partial charge in [-0.2, -0.15) is 0 Å². The summed E-state index contributed by atoms with van der Waals surface area (Å²) in [6, 6.07) is 7.85. The highest BCUT2D eigenvalue weighted by molar-refractivity contribution is 6.35. The number of halogens is 1. The normalized spacial score (nSPS) is 9.55. The Morgan fingerprint density at radius 2 is 2.00 bits per heavy atom. The number of rotatable bonds is 0. The molecule has 0 amide bonds. The number of fused-ring (bicyclic) bond motifs is 1. The second kappa shape index (κ2) is 2.97. The van der Waals surface area contributed by atoms with Crippen molar-refractivity contribution in [1.29, 1.82) is 0 Å². The molecular weight excluding hydrogens is 158 g/mol. The Morgan fingerprint density at radius 3 is 2.73 bits per heavy atom. The zero-order valence-electron chi connectivity index (χ0n) is 5.26. The van der Waals surface area contributed by atoms with Crippen LogP contribution in [0.15, 0.2) is 30.5 Å². The SMILES string of the molecule is C.Clc1cccc2cc[nH]c12. The fourth-order valence-electron chi connectivity index (χ4n) is 1.05. The lowest BCUT2D eigenvalue weighted by Crippen LogP contribution is -1.67. The largest absolute Gasteiger partial charge is 0.360 e. The number of benzene rings is 1. The summed E-state index contributed by atoms with van der Waals surface area (Å²) in [5.41, 5.74) is 1.02. The minimum Gasteiger partial charge on any atom is -0.360 e. The van der Waals surface area contributed by atoms with E-state index >= 15 is 0 Å². The molecule has 1 N–H and O–H groups in total. The van der Waals surface area contributed by atoms with Gasteiger partial charge in [0.1, 0.15) is 0 Å². The molecule has 1 heterocycles. The maximum absolute atomic E-state index is 5.87. The minimum atomic E-state index is 0. The van der Waals surface area contributed by atoms with Crippen LogP contribution in [0.4, 0.5) is 0 Å². The van der Waals surface area contributed by atoms with Crippen molar-refractivity contribution in [2.75, 3.05) is 0 Å². The van der Waals surface area contributed by atoms with E-state index in [0.29, 0.717) is 0 Å². The van der Waals surface area contributed by atoms with Crippen LogP contribution in [-0.2, 0) is 0 Å². The molecule has 0 spiro atoms. The summed E-state index contributed by atoms with van der Waals surface area (Å²) < 4.78 is 0. The molecule has 2 aromatic rings. The Hall–Kier alpha value is -0.950. The van der Waals surface area contributed by atoms with Crippen molar-refractivity contribution in [3.8, 4) is 0 Å². The fourth-order valence-corrected chi connectivity index (χ4v) is 1.28. The molecule has 0 saturated heterocycles. The molecule has 11 heavy (non-hydrogen) atoms. The molecule has 0 aliphatic heterocycles. The first kappa shape index (κ1) is 8.15. The Kier molecular flexibility index (Phi) is 2.20. The van der Waals surface area contributed by atoms with E-state index in [4.69, 9.17) is 11.6 Å². The van der Waals surface area contributed by atoms with Gasteiger partial charge in [-0.15, -0.1) is 0 Å². The number of nitrogens with one attached hydrogen (secondary N) is 1. The van der Waals surface area contributed by atoms with Crippen molar-refractivity contribution in [2.24, 2.45) is 0 Å². The Morgan fingerprint density at radius 1 is 1.18 bits per heavy atom. The lowest BCUT2D eigenvalue weighted by atomic mass is 10.2. The average Bonchev–Trinajstić information content (AvgIpc) is 2.36. The summed E-state index contributed by atoms with van der Waals surface area (Å²) >= 11 is 5.87. The summed E-state index contributed by atoms with van der Waals surface area (Å²) in [5, 5.41) is 1.94. The standard InChI is InChI=1S/C8H6ClN.CH4/c9-7-3-1-2-6-4-5-10-8(6)7;/h1-5,10H;1H4. The van der Waals surface area contributed by atoms with E-state index in [9.17, 15) is 0 Å². The maximum atomic E-state index is 5.87. The van der Waals surface area contributed by atoms with Gasteiger partial charge in [0.2, 0.25) is 0 Å². The van der Waals surface area contributed by atoms with E-state index in [0.717, 1.165) is 15.9 Å². The predicted octanol–water partition coefficient (Wildman–Crippen LogP) is 3.46. The third-order valence-corrected chi connectivity index (χ3v) is 1.85. The number of aromatic amines is 1. The Bertz CT molecular complexity index is 351. The second-order valence-electron chi connectivity index (χ2n) is 2.18. The van der Waals surface area contributed by atoms with Crippen molar-refractivity contribution in [3.63, 3.8) is 0 Å². The molecule has 1 aromatic carbocycles. The van der Waals surface area contributed by atoms with Gasteiger partial charge in [0.15, 0.2) is 0 Å². The average molecular weight is 168 g/mol. The molecule has 0 saturated carbocycles. The van der Waals surface area contributed by atoms with E-state index in [1.54, 1.807) is 0 Å². The molecule has 0 unspecified atom stereocenters. The predicted molar refractivity (Wildman–Crippen MR) is 50.0 cm³/mol. The molecule has 0 bridgehead atoms. The fraction of sp³-hybridized carbons (Fsp3) is 0.111. The number of hydrogen-bond acceptors (Lipinski definition) is 0. The van der Waals surface area contributed by atoms with Crippen LogP contribution >= 0.6 is 11.6 Å². The number of para-hydroxylation sites is 1. The van der Waals surface area contributed by atoms with Crippen LogP contribution in [0.2, 0.25) is 5.02 Å². The van der Waals surface area contributed by atoms with E-state index in [2.05, 4.69) is 4.98 Å². The van der Waals surface area contributed by atoms with Crippen LogP contribution in [0, 0.1) is 0 Å². The summed E-state index contributed by atoms with van der Waals surface area (Å²) in [6.45, 7) is 0. The van der Waals surface area contributed by atoms with Crippen molar-refractivity contribution < 1.29 is 0 Å². The molecule has 0 aliphatic rings. The van der Waals surface area contributed by atoms with E-state index in [-0.39, 0.29) is 7.43 Å². The second-order valence-corrected chi connectivity index (χ2v) is 2.59. The molecule has 1 nitrogen and oxygen atoms in total. The Balaban J connectivity index is 0.000000605. The van der Waals surface area contributed by atoms with Gasteiger partial charge in [-0.05, 0) is 12.1 Å². The van der Waals surface area contributed by atoms with Gasteiger partial charge in [0.25, 0.3) is 0 Å². The highest BCUT2D eigenvalue weighted by atomic mass is 35.5. The van der Waals surface area contributed by atoms with Crippen LogP contribution in [0.5, 0.6) is 0 Å². The number of H-pyrrole nitrogens is 1. The van der Waals surface area contributed by atoms with Crippen LogP contribution in [0.3, 0.4) is 0 Å². The van der Waals surface area contributed by atoms with Crippen molar-refractivity contribution in [3.05, 3.63) is 35.5 Å². The van der Waals surface area contributed by atoms with Gasteiger partial charge in [0, 0.05) is 11.6 Å². The summed E-state index contributed by atoms with van der Waals surface area (Å²) in [6.07, 6.45) is 1.89. The highest BCUT2D eigenvalue weighted by Crippen LogP contribution is 2.20. The molecule has 1 aromatic heterocycles. The molecule has 58 valence electrons. The zero-order chi connectivity index (χ0) is 6.97. The third kappa shape index (κ3) is 1.24. The van der Waals surface area contributed by atoms with Gasteiger partial charge < -0.3 is 4.98 Å². The first-order valence-corrected chi connectivity index (χ1v) is 3.47. The summed E-state index contributed by atoms with van der Waals surface area (Å²) in [7, 11) is 0. The molecule has 0 radical (unpaired) electrons. The monoisotopic (exact) mass is 167 g/mol. The van der Waals surface area contributed by atoms with Gasteiger partial charge in [0.05, 0.1) is 10.5 Å². The van der Waals surface area contributed by atoms with Crippen molar-refractivity contribution in [2.45, 2.75) is 7.43 Å². The highest BCUT2D eigenvalue weighted by Gasteiger charge is 1.95. The molecule has 0 aliphatic carbocycles. The van der Waals surface area contributed by atoms with Gasteiger partial charge in [-0.1, -0.05) is 31.2 Å². The van der Waals surface area contributed by atoms with E-state index in [1.165, 1.54) is 0 Å². The first-order valence-electron chi connectivity index (χ1n) is 3.09. The van der Waals surface area contributed by atoms with Gasteiger partial charge in [-0.3, -0.25) is 0 Å². The molecule has 0 fully saturated rings. The van der Waals surface area contributed by atoms with Gasteiger partial charge >= 0.3 is 0 Å². The Labute approximate surface area is 71.0 Å². The molecule has 0 atom stereocenters. The molecule has 2 rings (SSSR count). The lowest BCUT2D eigenvalue weighted by Gasteiger charge is -1.90.